The van der Waals surface area contributed by atoms with Crippen LogP contribution in [0.5, 0.6) is 0 Å². The van der Waals surface area contributed by atoms with Crippen LogP contribution >= 0.6 is 0 Å². The highest BCUT2D eigenvalue weighted by molar-refractivity contribution is 6.45. The van der Waals surface area contributed by atoms with Crippen molar-refractivity contribution in [2.75, 3.05) is 13.1 Å². The van der Waals surface area contributed by atoms with Crippen molar-refractivity contribution in [2.24, 2.45) is 0 Å². The van der Waals surface area contributed by atoms with E-state index < -0.39 is 65.3 Å². The molecule has 12 nitrogen and oxygen atoms in total. The Balaban J connectivity index is 1.72. The zero-order valence-corrected chi connectivity index (χ0v) is 27.7. The van der Waals surface area contributed by atoms with Gasteiger partial charge >= 0.3 is 25.3 Å². The monoisotopic (exact) mass is 609 g/mol. The SMILES string of the molecule is CC(C)(C)OC(=O)N1CCC[C@H]1C(=O)N[C@H]1CN(C(=O)OC(C)(C)C)[C@@](CCCCB2OC(C)(C)C(C)(C)O2)(C(=O)O)C1. The summed E-state index contributed by atoms with van der Waals surface area (Å²) >= 11 is 0. The van der Waals surface area contributed by atoms with Gasteiger partial charge in [-0.1, -0.05) is 12.8 Å². The van der Waals surface area contributed by atoms with Crippen LogP contribution in [0, 0.1) is 0 Å². The van der Waals surface area contributed by atoms with Crippen LogP contribution in [0.1, 0.15) is 108 Å². The van der Waals surface area contributed by atoms with Crippen molar-refractivity contribution in [3.8, 4) is 0 Å². The molecule has 3 aliphatic rings. The highest BCUT2D eigenvalue weighted by Gasteiger charge is 2.55. The van der Waals surface area contributed by atoms with Crippen LogP contribution in [0.2, 0.25) is 6.32 Å². The molecule has 2 N–H and O–H groups in total. The van der Waals surface area contributed by atoms with Crippen LogP contribution in [0.4, 0.5) is 9.59 Å². The van der Waals surface area contributed by atoms with Gasteiger partial charge in [0.05, 0.1) is 11.2 Å². The fourth-order valence-electron chi connectivity index (χ4n) is 5.87. The molecule has 13 heteroatoms. The van der Waals surface area contributed by atoms with Crippen molar-refractivity contribution in [3.05, 3.63) is 0 Å². The van der Waals surface area contributed by atoms with Gasteiger partial charge in [-0.25, -0.2) is 14.4 Å². The first-order chi connectivity index (χ1) is 19.6. The molecule has 0 unspecified atom stereocenters. The number of likely N-dealkylation sites (tertiary alicyclic amines) is 2. The predicted molar refractivity (Wildman–Crippen MR) is 161 cm³/mol. The summed E-state index contributed by atoms with van der Waals surface area (Å²) in [6, 6.07) is -1.37. The van der Waals surface area contributed by atoms with Crippen LogP contribution in [0.25, 0.3) is 0 Å². The number of carboxylic acids is 1. The normalized spacial score (nSPS) is 26.9. The molecule has 0 spiro atoms. The minimum Gasteiger partial charge on any atom is -0.479 e. The number of nitrogens with one attached hydrogen (secondary N) is 1. The minimum atomic E-state index is -1.57. The highest BCUT2D eigenvalue weighted by atomic mass is 16.7. The Labute approximate surface area is 256 Å². The molecule has 0 aliphatic carbocycles. The van der Waals surface area contributed by atoms with E-state index in [1.54, 1.807) is 41.5 Å². The molecule has 0 saturated carbocycles. The molecule has 0 aromatic heterocycles. The van der Waals surface area contributed by atoms with Crippen molar-refractivity contribution < 1.29 is 43.1 Å². The number of rotatable bonds is 8. The van der Waals surface area contributed by atoms with Crippen molar-refractivity contribution >= 4 is 31.2 Å². The van der Waals surface area contributed by atoms with Crippen molar-refractivity contribution in [1.29, 1.82) is 0 Å². The number of hydrogen-bond donors (Lipinski definition) is 2. The van der Waals surface area contributed by atoms with Gasteiger partial charge in [0.25, 0.3) is 0 Å². The Morgan fingerprint density at radius 3 is 2.02 bits per heavy atom. The van der Waals surface area contributed by atoms with E-state index in [1.807, 2.05) is 27.7 Å². The topological polar surface area (TPSA) is 144 Å². The van der Waals surface area contributed by atoms with Crippen LogP contribution in [-0.4, -0.2) is 99.2 Å². The molecule has 0 aromatic carbocycles. The molecule has 0 radical (unpaired) electrons. The van der Waals surface area contributed by atoms with Crippen LogP contribution in [0.3, 0.4) is 0 Å². The number of unbranched alkanes of at least 4 members (excludes halogenated alkanes) is 1. The maximum absolute atomic E-state index is 13.4. The molecule has 3 fully saturated rings. The first kappa shape index (κ1) is 34.9. The van der Waals surface area contributed by atoms with Gasteiger partial charge in [-0.3, -0.25) is 14.6 Å². The molecule has 3 heterocycles. The van der Waals surface area contributed by atoms with Gasteiger partial charge in [0.2, 0.25) is 5.91 Å². The molecular formula is C30H52BN3O9. The number of carbonyl (C=O) groups excluding carboxylic acids is 3. The Hall–Kier alpha value is -2.54. The molecule has 43 heavy (non-hydrogen) atoms. The van der Waals surface area contributed by atoms with Crippen molar-refractivity contribution in [1.82, 2.24) is 15.1 Å². The molecule has 3 amide bonds. The van der Waals surface area contributed by atoms with E-state index in [0.29, 0.717) is 38.5 Å². The zero-order valence-electron chi connectivity index (χ0n) is 27.7. The minimum absolute atomic E-state index is 0.0168. The van der Waals surface area contributed by atoms with E-state index in [9.17, 15) is 24.3 Å². The second kappa shape index (κ2) is 12.5. The smallest absolute Gasteiger partial charge is 0.457 e. The Morgan fingerprint density at radius 2 is 1.49 bits per heavy atom. The third kappa shape index (κ3) is 8.35. The summed E-state index contributed by atoms with van der Waals surface area (Å²) in [4.78, 5) is 55.1. The third-order valence-electron chi connectivity index (χ3n) is 8.63. The third-order valence-corrected chi connectivity index (χ3v) is 8.63. The van der Waals surface area contributed by atoms with E-state index >= 15 is 0 Å². The Kier molecular flexibility index (Phi) is 10.1. The zero-order chi connectivity index (χ0) is 32.6. The summed E-state index contributed by atoms with van der Waals surface area (Å²) in [6.07, 6.45) is 1.69. The number of hydrogen-bond acceptors (Lipinski definition) is 8. The second-order valence-corrected chi connectivity index (χ2v) is 15.1. The highest BCUT2D eigenvalue weighted by Crippen LogP contribution is 2.40. The molecular weight excluding hydrogens is 557 g/mol. The van der Waals surface area contributed by atoms with Crippen LogP contribution < -0.4 is 5.32 Å². The molecule has 244 valence electrons. The maximum Gasteiger partial charge on any atom is 0.457 e. The van der Waals surface area contributed by atoms with Crippen LogP contribution in [-0.2, 0) is 28.4 Å². The summed E-state index contributed by atoms with van der Waals surface area (Å²) < 4.78 is 23.3. The van der Waals surface area contributed by atoms with Crippen molar-refractivity contribution in [3.63, 3.8) is 0 Å². The van der Waals surface area contributed by atoms with E-state index in [2.05, 4.69) is 5.32 Å². The number of carbonyl (C=O) groups is 4. The molecule has 3 aliphatic heterocycles. The fourth-order valence-corrected chi connectivity index (χ4v) is 5.87. The summed E-state index contributed by atoms with van der Waals surface area (Å²) in [7, 11) is -0.400. The van der Waals surface area contributed by atoms with Crippen LogP contribution in [0.15, 0.2) is 0 Å². The van der Waals surface area contributed by atoms with Gasteiger partial charge in [-0.05, 0) is 94.8 Å². The lowest BCUT2D eigenvalue weighted by Gasteiger charge is -2.35. The molecule has 3 saturated heterocycles. The molecule has 0 bridgehead atoms. The average Bonchev–Trinajstić information content (AvgIpc) is 3.49. The van der Waals surface area contributed by atoms with E-state index in [4.69, 9.17) is 18.8 Å². The van der Waals surface area contributed by atoms with Crippen molar-refractivity contribution in [2.45, 2.75) is 154 Å². The Morgan fingerprint density at radius 1 is 0.930 bits per heavy atom. The summed E-state index contributed by atoms with van der Waals surface area (Å²) in [5.41, 5.74) is -4.02. The predicted octanol–water partition coefficient (Wildman–Crippen LogP) is 4.60. The molecule has 0 aromatic rings. The first-order valence-corrected chi connectivity index (χ1v) is 15.5. The quantitative estimate of drug-likeness (QED) is 0.298. The number of ether oxygens (including phenoxy) is 2. The lowest BCUT2D eigenvalue weighted by atomic mass is 9.80. The first-order valence-electron chi connectivity index (χ1n) is 15.5. The fraction of sp³-hybridized carbons (Fsp3) is 0.867. The maximum atomic E-state index is 13.4. The van der Waals surface area contributed by atoms with Gasteiger partial charge in [0.1, 0.15) is 22.8 Å². The van der Waals surface area contributed by atoms with Gasteiger partial charge in [-0.2, -0.15) is 0 Å². The average molecular weight is 610 g/mol. The van der Waals surface area contributed by atoms with Gasteiger partial charge in [0.15, 0.2) is 0 Å². The van der Waals surface area contributed by atoms with E-state index in [0.717, 1.165) is 0 Å². The lowest BCUT2D eigenvalue weighted by Crippen LogP contribution is -2.54. The van der Waals surface area contributed by atoms with Gasteiger partial charge < -0.3 is 29.2 Å². The summed E-state index contributed by atoms with van der Waals surface area (Å²) in [5.74, 6) is -1.54. The number of nitrogens with zero attached hydrogens (tertiary/aromatic N) is 2. The van der Waals surface area contributed by atoms with E-state index in [-0.39, 0.29) is 25.3 Å². The number of aliphatic carboxylic acids is 1. The Bertz CT molecular complexity index is 1050. The number of amides is 3. The molecule has 3 atom stereocenters. The standard InChI is InChI=1S/C30H52BN3O9/c1-26(2,3)40-24(38)33-17-13-14-21(33)22(35)32-20-18-30(23(36)37,34(19-20)25(39)41-27(4,5)6)15-11-12-16-31-42-28(7,8)29(9,10)43-31/h20-21H,11-19H2,1-10H3,(H,32,35)(H,36,37)/t20-,21+,30-/m1/s1. The summed E-state index contributed by atoms with van der Waals surface area (Å²) in [5, 5.41) is 13.5. The largest absolute Gasteiger partial charge is 0.479 e. The summed E-state index contributed by atoms with van der Waals surface area (Å²) in [6.45, 7) is 18.8. The van der Waals surface area contributed by atoms with Gasteiger partial charge in [0, 0.05) is 25.6 Å². The second-order valence-electron chi connectivity index (χ2n) is 15.1. The van der Waals surface area contributed by atoms with E-state index in [1.165, 1.54) is 9.80 Å². The molecule has 3 rings (SSSR count). The lowest BCUT2D eigenvalue weighted by molar-refractivity contribution is -0.150. The van der Waals surface area contributed by atoms with Gasteiger partial charge in [-0.15, -0.1) is 0 Å². The number of carboxylic acid groups (broad SMARTS) is 1.